The highest BCUT2D eigenvalue weighted by Crippen LogP contribution is 2.37. The Morgan fingerprint density at radius 1 is 1.15 bits per heavy atom. The van der Waals surface area contributed by atoms with Crippen molar-refractivity contribution in [1.82, 2.24) is 4.90 Å². The first-order valence-corrected chi connectivity index (χ1v) is 8.47. The highest BCUT2D eigenvalue weighted by Gasteiger charge is 2.40. The van der Waals surface area contributed by atoms with Crippen molar-refractivity contribution in [2.24, 2.45) is 0 Å². The fourth-order valence-electron chi connectivity index (χ4n) is 3.28. The molecule has 3 nitrogen and oxygen atoms in total. The van der Waals surface area contributed by atoms with Crippen LogP contribution in [0.2, 0.25) is 0 Å². The van der Waals surface area contributed by atoms with Gasteiger partial charge in [0.2, 0.25) is 0 Å². The summed E-state index contributed by atoms with van der Waals surface area (Å²) < 4.78 is 12.9. The number of hydrogen-bond donors (Lipinski definition) is 0. The molecule has 4 heteroatoms. The van der Waals surface area contributed by atoms with E-state index in [-0.39, 0.29) is 5.79 Å². The summed E-state index contributed by atoms with van der Waals surface area (Å²) in [7, 11) is 2.23. The first-order valence-electron chi connectivity index (χ1n) is 7.39. The maximum Gasteiger partial charge on any atom is 0.168 e. The molecule has 1 spiro atoms. The highest BCUT2D eigenvalue weighted by molar-refractivity contribution is 14.1. The van der Waals surface area contributed by atoms with Crippen molar-refractivity contribution in [1.29, 1.82) is 0 Å². The van der Waals surface area contributed by atoms with E-state index in [4.69, 9.17) is 9.47 Å². The lowest BCUT2D eigenvalue weighted by molar-refractivity contribution is -0.183. The Morgan fingerprint density at radius 3 is 2.35 bits per heavy atom. The first kappa shape index (κ1) is 14.8. The Morgan fingerprint density at radius 2 is 1.75 bits per heavy atom. The minimum absolute atomic E-state index is 0.236. The predicted octanol–water partition coefficient (Wildman–Crippen LogP) is 3.41. The zero-order chi connectivity index (χ0) is 14.0. The molecule has 1 aliphatic carbocycles. The smallest absolute Gasteiger partial charge is 0.168 e. The third-order valence-corrected chi connectivity index (χ3v) is 5.22. The zero-order valence-corrected chi connectivity index (χ0v) is 14.1. The number of benzene rings is 1. The van der Waals surface area contributed by atoms with Gasteiger partial charge in [-0.3, -0.25) is 4.90 Å². The molecule has 0 aromatic heterocycles. The van der Waals surface area contributed by atoms with Gasteiger partial charge in [-0.15, -0.1) is 0 Å². The van der Waals surface area contributed by atoms with E-state index < -0.39 is 0 Å². The maximum absolute atomic E-state index is 5.80. The van der Waals surface area contributed by atoms with Crippen LogP contribution in [0.1, 0.15) is 31.2 Å². The molecule has 1 saturated heterocycles. The SMILES string of the molecule is CN(Cc1ccc(I)cc1)C1CCC2(CC1)OCCO2. The molecule has 1 heterocycles. The van der Waals surface area contributed by atoms with Crippen LogP contribution >= 0.6 is 22.6 Å². The summed E-state index contributed by atoms with van der Waals surface area (Å²) in [4.78, 5) is 2.48. The van der Waals surface area contributed by atoms with Gasteiger partial charge < -0.3 is 9.47 Å². The first-order chi connectivity index (χ1) is 9.67. The van der Waals surface area contributed by atoms with Gasteiger partial charge in [0.15, 0.2) is 5.79 Å². The molecule has 1 aromatic rings. The molecule has 0 amide bonds. The molecule has 2 aliphatic rings. The molecule has 1 aliphatic heterocycles. The molecule has 0 unspecified atom stereocenters. The third-order valence-electron chi connectivity index (χ3n) is 4.50. The predicted molar refractivity (Wildman–Crippen MR) is 87.5 cm³/mol. The van der Waals surface area contributed by atoms with E-state index in [0.717, 1.165) is 32.6 Å². The van der Waals surface area contributed by atoms with Crippen molar-refractivity contribution < 1.29 is 9.47 Å². The molecule has 2 fully saturated rings. The standard InChI is InChI=1S/C16H22INO2/c1-18(12-13-2-4-14(17)5-3-13)15-6-8-16(9-7-15)19-10-11-20-16/h2-5,15H,6-12H2,1H3. The van der Waals surface area contributed by atoms with Crippen LogP contribution in [0.15, 0.2) is 24.3 Å². The van der Waals surface area contributed by atoms with Crippen LogP contribution in [0.3, 0.4) is 0 Å². The number of nitrogens with zero attached hydrogens (tertiary/aromatic N) is 1. The van der Waals surface area contributed by atoms with Crippen LogP contribution in [0.25, 0.3) is 0 Å². The van der Waals surface area contributed by atoms with Crippen LogP contribution < -0.4 is 0 Å². The van der Waals surface area contributed by atoms with Gasteiger partial charge in [0, 0.05) is 29.0 Å². The Hall–Kier alpha value is -0.170. The molecule has 1 aromatic carbocycles. The summed E-state index contributed by atoms with van der Waals surface area (Å²) in [6.45, 7) is 2.56. The Kier molecular flexibility index (Phi) is 4.65. The van der Waals surface area contributed by atoms with Crippen LogP contribution in [0.4, 0.5) is 0 Å². The lowest BCUT2D eigenvalue weighted by atomic mass is 9.89. The van der Waals surface area contributed by atoms with E-state index >= 15 is 0 Å². The molecule has 0 atom stereocenters. The van der Waals surface area contributed by atoms with Crippen molar-refractivity contribution in [2.45, 2.75) is 44.1 Å². The maximum atomic E-state index is 5.80. The molecule has 0 N–H and O–H groups in total. The molecule has 20 heavy (non-hydrogen) atoms. The van der Waals surface area contributed by atoms with Crippen molar-refractivity contribution in [2.75, 3.05) is 20.3 Å². The van der Waals surface area contributed by atoms with Crippen LogP contribution in [0.5, 0.6) is 0 Å². The van der Waals surface area contributed by atoms with E-state index in [0.29, 0.717) is 6.04 Å². The molecule has 110 valence electrons. The van der Waals surface area contributed by atoms with Crippen molar-refractivity contribution in [3.63, 3.8) is 0 Å². The van der Waals surface area contributed by atoms with Gasteiger partial charge in [-0.1, -0.05) is 12.1 Å². The normalized spacial score (nSPS) is 22.8. The molecule has 1 saturated carbocycles. The Labute approximate surface area is 134 Å². The second-order valence-electron chi connectivity index (χ2n) is 5.88. The lowest BCUT2D eigenvalue weighted by Gasteiger charge is -2.39. The van der Waals surface area contributed by atoms with Gasteiger partial charge in [-0.25, -0.2) is 0 Å². The van der Waals surface area contributed by atoms with Crippen LogP contribution in [0, 0.1) is 3.57 Å². The summed E-state index contributed by atoms with van der Waals surface area (Å²) in [5.74, 6) is -0.236. The molecular formula is C16H22INO2. The lowest BCUT2D eigenvalue weighted by Crippen LogP contribution is -2.42. The van der Waals surface area contributed by atoms with Gasteiger partial charge in [0.25, 0.3) is 0 Å². The Balaban J connectivity index is 1.53. The van der Waals surface area contributed by atoms with Crippen LogP contribution in [-0.4, -0.2) is 37.0 Å². The second kappa shape index (κ2) is 6.30. The van der Waals surface area contributed by atoms with Gasteiger partial charge in [-0.2, -0.15) is 0 Å². The van der Waals surface area contributed by atoms with E-state index in [1.807, 2.05) is 0 Å². The average molecular weight is 387 g/mol. The highest BCUT2D eigenvalue weighted by atomic mass is 127. The summed E-state index contributed by atoms with van der Waals surface area (Å²) >= 11 is 2.35. The summed E-state index contributed by atoms with van der Waals surface area (Å²) in [6.07, 6.45) is 4.41. The monoisotopic (exact) mass is 387 g/mol. The summed E-state index contributed by atoms with van der Waals surface area (Å²) in [5, 5.41) is 0. The number of hydrogen-bond acceptors (Lipinski definition) is 3. The van der Waals surface area contributed by atoms with Gasteiger partial charge in [0.05, 0.1) is 13.2 Å². The van der Waals surface area contributed by atoms with E-state index in [1.54, 1.807) is 0 Å². The van der Waals surface area contributed by atoms with Crippen molar-refractivity contribution >= 4 is 22.6 Å². The fourth-order valence-corrected chi connectivity index (χ4v) is 3.64. The number of rotatable bonds is 3. The second-order valence-corrected chi connectivity index (χ2v) is 7.13. The number of halogens is 1. The molecule has 0 bridgehead atoms. The van der Waals surface area contributed by atoms with Gasteiger partial charge in [0.1, 0.15) is 0 Å². The zero-order valence-electron chi connectivity index (χ0n) is 12.0. The average Bonchev–Trinajstić information content (AvgIpc) is 2.90. The summed E-state index contributed by atoms with van der Waals surface area (Å²) in [6, 6.07) is 9.46. The Bertz CT molecular complexity index is 432. The van der Waals surface area contributed by atoms with E-state index in [9.17, 15) is 0 Å². The topological polar surface area (TPSA) is 21.7 Å². The fraction of sp³-hybridized carbons (Fsp3) is 0.625. The largest absolute Gasteiger partial charge is 0.348 e. The molecule has 3 rings (SSSR count). The minimum atomic E-state index is -0.236. The molecule has 0 radical (unpaired) electrons. The minimum Gasteiger partial charge on any atom is -0.348 e. The molecular weight excluding hydrogens is 365 g/mol. The third kappa shape index (κ3) is 3.35. The van der Waals surface area contributed by atoms with Crippen molar-refractivity contribution in [3.05, 3.63) is 33.4 Å². The van der Waals surface area contributed by atoms with E-state index in [2.05, 4.69) is 58.8 Å². The van der Waals surface area contributed by atoms with E-state index in [1.165, 1.54) is 22.0 Å². The van der Waals surface area contributed by atoms with Crippen molar-refractivity contribution in [3.8, 4) is 0 Å². The quantitative estimate of drug-likeness (QED) is 0.743. The van der Waals surface area contributed by atoms with Gasteiger partial charge in [-0.05, 0) is 60.2 Å². The van der Waals surface area contributed by atoms with Gasteiger partial charge >= 0.3 is 0 Å². The summed E-state index contributed by atoms with van der Waals surface area (Å²) in [5.41, 5.74) is 1.39. The van der Waals surface area contributed by atoms with Crippen LogP contribution in [-0.2, 0) is 16.0 Å². The number of ether oxygens (including phenoxy) is 2.